The number of rotatable bonds is 5. The smallest absolute Gasteiger partial charge is 0.228 e. The van der Waals surface area contributed by atoms with Gasteiger partial charge in [-0.05, 0) is 18.6 Å². The number of benzene rings is 1. The van der Waals surface area contributed by atoms with Crippen molar-refractivity contribution in [3.05, 3.63) is 61.1 Å². The van der Waals surface area contributed by atoms with Crippen molar-refractivity contribution in [2.45, 2.75) is 19.4 Å². The Morgan fingerprint density at radius 2 is 2.04 bits per heavy atom. The van der Waals surface area contributed by atoms with Gasteiger partial charge in [0, 0.05) is 25.1 Å². The summed E-state index contributed by atoms with van der Waals surface area (Å²) in [6.07, 6.45) is 7.94. The largest absolute Gasteiger partial charge is 0.393 e. The molecule has 0 radical (unpaired) electrons. The predicted octanol–water partition coefficient (Wildman–Crippen LogP) is 2.76. The third-order valence-corrected chi connectivity index (χ3v) is 4.31. The van der Waals surface area contributed by atoms with Crippen molar-refractivity contribution >= 4 is 17.5 Å². The molecule has 132 valence electrons. The molecule has 0 aliphatic carbocycles. The molecule has 2 aromatic heterocycles. The van der Waals surface area contributed by atoms with E-state index < -0.39 is 0 Å². The monoisotopic (exact) mass is 348 g/mol. The summed E-state index contributed by atoms with van der Waals surface area (Å²) in [6, 6.07) is 10.3. The number of para-hydroxylation sites is 1. The molecule has 1 unspecified atom stereocenters. The van der Waals surface area contributed by atoms with Gasteiger partial charge in [0.2, 0.25) is 5.95 Å². The molecule has 26 heavy (non-hydrogen) atoms. The first-order valence-electron chi connectivity index (χ1n) is 8.54. The van der Waals surface area contributed by atoms with E-state index in [0.29, 0.717) is 5.95 Å². The third-order valence-electron chi connectivity index (χ3n) is 4.31. The molecule has 0 amide bonds. The van der Waals surface area contributed by atoms with Gasteiger partial charge in [0.15, 0.2) is 11.6 Å². The van der Waals surface area contributed by atoms with Crippen molar-refractivity contribution in [3.8, 4) is 5.69 Å². The average Bonchev–Trinajstić information content (AvgIpc) is 3.17. The summed E-state index contributed by atoms with van der Waals surface area (Å²) in [6.45, 7) is 2.14. The molecular formula is C18H20N8. The first-order valence-corrected chi connectivity index (χ1v) is 8.54. The third kappa shape index (κ3) is 2.65. The highest BCUT2D eigenvalue weighted by Crippen LogP contribution is 2.42. The highest BCUT2D eigenvalue weighted by Gasteiger charge is 2.34. The Bertz CT molecular complexity index is 918. The van der Waals surface area contributed by atoms with Crippen LogP contribution in [0.25, 0.3) is 5.69 Å². The lowest BCUT2D eigenvalue weighted by Gasteiger charge is -2.36. The summed E-state index contributed by atoms with van der Waals surface area (Å²) in [4.78, 5) is 11.4. The van der Waals surface area contributed by atoms with Crippen molar-refractivity contribution < 1.29 is 0 Å². The van der Waals surface area contributed by atoms with Gasteiger partial charge in [-0.2, -0.15) is 4.98 Å². The van der Waals surface area contributed by atoms with E-state index in [2.05, 4.69) is 49.8 Å². The maximum atomic E-state index is 4.77. The van der Waals surface area contributed by atoms with Crippen LogP contribution in [0.3, 0.4) is 0 Å². The minimum Gasteiger partial charge on any atom is -0.393 e. The van der Waals surface area contributed by atoms with Gasteiger partial charge in [-0.15, -0.1) is 10.2 Å². The van der Waals surface area contributed by atoms with E-state index in [1.165, 1.54) is 0 Å². The minimum absolute atomic E-state index is 0.0444. The van der Waals surface area contributed by atoms with Crippen LogP contribution in [0.2, 0.25) is 0 Å². The number of hydrogen-bond acceptors (Lipinski definition) is 7. The molecule has 1 aliphatic rings. The fraction of sp³-hybridized carbons (Fsp3) is 0.222. The van der Waals surface area contributed by atoms with Crippen LogP contribution in [-0.2, 0) is 0 Å². The molecule has 3 heterocycles. The van der Waals surface area contributed by atoms with Crippen LogP contribution in [-0.4, -0.2) is 31.8 Å². The molecule has 1 aliphatic heterocycles. The molecule has 0 fully saturated rings. The highest BCUT2D eigenvalue weighted by atomic mass is 15.4. The Labute approximate surface area is 151 Å². The molecule has 3 aromatic rings. The standard InChI is InChI=1S/C18H20N8/c1-3-14-17-24-22-12-25(17)15-11-21-18(20-10-9-19-2)23-16(15)26(14)13-7-5-4-6-8-13/h4-12,14,19H,3H2,1-2H3,(H,20,21,23)/b10-9-. The number of aromatic nitrogens is 5. The molecule has 8 nitrogen and oxygen atoms in total. The van der Waals surface area contributed by atoms with Crippen LogP contribution >= 0.6 is 0 Å². The quantitative estimate of drug-likeness (QED) is 0.733. The number of anilines is 3. The molecule has 4 rings (SSSR count). The van der Waals surface area contributed by atoms with Gasteiger partial charge in [-0.3, -0.25) is 4.57 Å². The van der Waals surface area contributed by atoms with Crippen LogP contribution in [0.1, 0.15) is 25.2 Å². The van der Waals surface area contributed by atoms with Gasteiger partial charge < -0.3 is 15.5 Å². The fourth-order valence-electron chi connectivity index (χ4n) is 3.16. The summed E-state index contributed by atoms with van der Waals surface area (Å²) in [7, 11) is 1.84. The normalized spacial score (nSPS) is 15.6. The van der Waals surface area contributed by atoms with E-state index in [1.54, 1.807) is 24.9 Å². The molecule has 0 bridgehead atoms. The number of hydrogen-bond donors (Lipinski definition) is 2. The summed E-state index contributed by atoms with van der Waals surface area (Å²) >= 11 is 0. The van der Waals surface area contributed by atoms with Crippen molar-refractivity contribution in [1.82, 2.24) is 30.0 Å². The summed E-state index contributed by atoms with van der Waals surface area (Å²) in [5, 5.41) is 14.5. The zero-order valence-electron chi connectivity index (χ0n) is 14.7. The van der Waals surface area contributed by atoms with E-state index in [-0.39, 0.29) is 6.04 Å². The lowest BCUT2D eigenvalue weighted by atomic mass is 10.1. The van der Waals surface area contributed by atoms with Crippen LogP contribution in [0, 0.1) is 0 Å². The molecule has 0 saturated carbocycles. The maximum Gasteiger partial charge on any atom is 0.228 e. The van der Waals surface area contributed by atoms with E-state index in [4.69, 9.17) is 4.98 Å². The van der Waals surface area contributed by atoms with Crippen LogP contribution in [0.4, 0.5) is 17.5 Å². The first-order chi connectivity index (χ1) is 12.8. The van der Waals surface area contributed by atoms with Crippen molar-refractivity contribution in [2.24, 2.45) is 0 Å². The molecule has 1 aromatic carbocycles. The van der Waals surface area contributed by atoms with Crippen molar-refractivity contribution in [1.29, 1.82) is 0 Å². The summed E-state index contributed by atoms with van der Waals surface area (Å²) < 4.78 is 1.97. The van der Waals surface area contributed by atoms with E-state index in [9.17, 15) is 0 Å². The van der Waals surface area contributed by atoms with Gasteiger partial charge in [0.05, 0.1) is 12.2 Å². The van der Waals surface area contributed by atoms with Gasteiger partial charge in [0.1, 0.15) is 12.0 Å². The lowest BCUT2D eigenvalue weighted by molar-refractivity contribution is 0.590. The van der Waals surface area contributed by atoms with Crippen molar-refractivity contribution in [3.63, 3.8) is 0 Å². The Kier molecular flexibility index (Phi) is 4.22. The Morgan fingerprint density at radius 1 is 1.19 bits per heavy atom. The SMILES string of the molecule is CCC1c2nncn2-c2cnc(N/C=C\NC)nc2N1c1ccccc1. The molecule has 8 heteroatoms. The van der Waals surface area contributed by atoms with Crippen LogP contribution < -0.4 is 15.5 Å². The van der Waals surface area contributed by atoms with Crippen LogP contribution in [0.5, 0.6) is 0 Å². The molecule has 0 saturated heterocycles. The predicted molar refractivity (Wildman–Crippen MR) is 100 cm³/mol. The van der Waals surface area contributed by atoms with Gasteiger partial charge >= 0.3 is 0 Å². The highest BCUT2D eigenvalue weighted by molar-refractivity contribution is 5.72. The number of nitrogens with one attached hydrogen (secondary N) is 2. The topological polar surface area (TPSA) is 83.8 Å². The Morgan fingerprint density at radius 3 is 2.81 bits per heavy atom. The van der Waals surface area contributed by atoms with E-state index in [1.807, 2.05) is 29.8 Å². The second kappa shape index (κ2) is 6.83. The second-order valence-electron chi connectivity index (χ2n) is 5.86. The van der Waals surface area contributed by atoms with E-state index in [0.717, 1.165) is 29.4 Å². The van der Waals surface area contributed by atoms with Gasteiger partial charge in [0.25, 0.3) is 0 Å². The zero-order valence-corrected chi connectivity index (χ0v) is 14.7. The molecule has 2 N–H and O–H groups in total. The number of fused-ring (bicyclic) bond motifs is 3. The molecule has 1 atom stereocenters. The Balaban J connectivity index is 1.87. The summed E-state index contributed by atoms with van der Waals surface area (Å²) in [5.74, 6) is 2.25. The minimum atomic E-state index is 0.0444. The lowest BCUT2D eigenvalue weighted by Crippen LogP contribution is -2.32. The first kappa shape index (κ1) is 16.1. The second-order valence-corrected chi connectivity index (χ2v) is 5.86. The maximum absolute atomic E-state index is 4.77. The number of nitrogens with zero attached hydrogens (tertiary/aromatic N) is 6. The van der Waals surface area contributed by atoms with E-state index >= 15 is 0 Å². The molecule has 0 spiro atoms. The van der Waals surface area contributed by atoms with Crippen LogP contribution in [0.15, 0.2) is 55.3 Å². The van der Waals surface area contributed by atoms with Gasteiger partial charge in [-0.25, -0.2) is 4.98 Å². The average molecular weight is 348 g/mol. The fourth-order valence-corrected chi connectivity index (χ4v) is 3.16. The Hall–Kier alpha value is -3.42. The van der Waals surface area contributed by atoms with Crippen molar-refractivity contribution in [2.75, 3.05) is 17.3 Å². The zero-order chi connectivity index (χ0) is 17.9. The van der Waals surface area contributed by atoms with Gasteiger partial charge in [-0.1, -0.05) is 25.1 Å². The molecular weight excluding hydrogens is 328 g/mol. The summed E-state index contributed by atoms with van der Waals surface area (Å²) in [5.41, 5.74) is 1.92.